The molecule has 1 saturated carbocycles. The number of hydrogen-bond acceptors (Lipinski definition) is 2. The molecule has 1 aromatic carbocycles. The van der Waals surface area contributed by atoms with Crippen LogP contribution in [0.25, 0.3) is 0 Å². The Labute approximate surface area is 127 Å². The van der Waals surface area contributed by atoms with E-state index in [9.17, 15) is 9.90 Å². The first-order valence-corrected chi connectivity index (χ1v) is 7.93. The highest BCUT2D eigenvalue weighted by Gasteiger charge is 2.23. The van der Waals surface area contributed by atoms with E-state index in [-0.39, 0.29) is 17.4 Å². The molecule has 116 valence electrons. The number of hydrogen-bond donors (Lipinski definition) is 2. The minimum Gasteiger partial charge on any atom is -0.393 e. The van der Waals surface area contributed by atoms with Crippen LogP contribution in [0.3, 0.4) is 0 Å². The van der Waals surface area contributed by atoms with E-state index in [2.05, 4.69) is 26.1 Å². The van der Waals surface area contributed by atoms with E-state index >= 15 is 0 Å². The van der Waals surface area contributed by atoms with Crippen LogP contribution >= 0.6 is 0 Å². The molecule has 0 saturated heterocycles. The molecular weight excluding hydrogens is 262 g/mol. The van der Waals surface area contributed by atoms with Gasteiger partial charge in [-0.15, -0.1) is 0 Å². The molecule has 0 bridgehead atoms. The number of amides is 1. The summed E-state index contributed by atoms with van der Waals surface area (Å²) in [6.07, 6.45) is 3.67. The smallest absolute Gasteiger partial charge is 0.251 e. The van der Waals surface area contributed by atoms with Crippen molar-refractivity contribution in [3.8, 4) is 0 Å². The van der Waals surface area contributed by atoms with E-state index < -0.39 is 0 Å². The maximum atomic E-state index is 12.5. The van der Waals surface area contributed by atoms with Crippen molar-refractivity contribution in [2.45, 2.75) is 58.0 Å². The van der Waals surface area contributed by atoms with E-state index in [0.29, 0.717) is 12.5 Å². The zero-order chi connectivity index (χ0) is 15.5. The largest absolute Gasteiger partial charge is 0.393 e. The monoisotopic (exact) mass is 289 g/mol. The number of nitrogens with one attached hydrogen (secondary N) is 1. The number of aliphatic hydroxyl groups excluding tert-OH is 1. The van der Waals surface area contributed by atoms with Crippen LogP contribution in [0, 0.1) is 5.92 Å². The predicted molar refractivity (Wildman–Crippen MR) is 85.4 cm³/mol. The van der Waals surface area contributed by atoms with Gasteiger partial charge in [-0.05, 0) is 42.2 Å². The molecule has 1 aliphatic carbocycles. The zero-order valence-electron chi connectivity index (χ0n) is 13.4. The molecule has 0 aromatic heterocycles. The summed E-state index contributed by atoms with van der Waals surface area (Å²) in [6, 6.07) is 7.81. The number of carbonyl (C=O) groups excluding carboxylic acids is 1. The quantitative estimate of drug-likeness (QED) is 0.897. The Bertz CT molecular complexity index is 490. The molecule has 21 heavy (non-hydrogen) atoms. The first-order valence-electron chi connectivity index (χ1n) is 7.93. The summed E-state index contributed by atoms with van der Waals surface area (Å²) in [6.45, 7) is 7.03. The van der Waals surface area contributed by atoms with E-state index in [4.69, 9.17) is 0 Å². The van der Waals surface area contributed by atoms with Gasteiger partial charge in [0, 0.05) is 12.1 Å². The summed E-state index contributed by atoms with van der Waals surface area (Å²) in [5.41, 5.74) is 1.79. The van der Waals surface area contributed by atoms with Crippen LogP contribution in [0.2, 0.25) is 0 Å². The third-order valence-corrected chi connectivity index (χ3v) is 4.29. The average molecular weight is 289 g/mol. The van der Waals surface area contributed by atoms with Gasteiger partial charge in [0.15, 0.2) is 0 Å². The molecule has 0 spiro atoms. The Morgan fingerprint density at radius 3 is 2.67 bits per heavy atom. The topological polar surface area (TPSA) is 49.3 Å². The van der Waals surface area contributed by atoms with Crippen molar-refractivity contribution in [1.29, 1.82) is 0 Å². The molecule has 2 atom stereocenters. The molecule has 1 aromatic rings. The Morgan fingerprint density at radius 1 is 1.29 bits per heavy atom. The minimum atomic E-state index is -0.192. The fraction of sp³-hybridized carbons (Fsp3) is 0.611. The highest BCUT2D eigenvalue weighted by Crippen LogP contribution is 2.26. The lowest BCUT2D eigenvalue weighted by molar-refractivity contribution is 0.0872. The third-order valence-electron chi connectivity index (χ3n) is 4.29. The molecule has 1 aliphatic rings. The summed E-state index contributed by atoms with van der Waals surface area (Å²) in [5.74, 6) is 0.403. The van der Waals surface area contributed by atoms with Crippen LogP contribution in [0.1, 0.15) is 62.4 Å². The number of carbonyl (C=O) groups is 1. The molecule has 0 radical (unpaired) electrons. The maximum absolute atomic E-state index is 12.5. The fourth-order valence-corrected chi connectivity index (χ4v) is 3.12. The van der Waals surface area contributed by atoms with Gasteiger partial charge in [-0.3, -0.25) is 4.79 Å². The van der Waals surface area contributed by atoms with Crippen molar-refractivity contribution >= 4 is 5.91 Å². The van der Waals surface area contributed by atoms with Gasteiger partial charge < -0.3 is 10.4 Å². The molecule has 0 heterocycles. The summed E-state index contributed by atoms with van der Waals surface area (Å²) >= 11 is 0. The first kappa shape index (κ1) is 16.0. The van der Waals surface area contributed by atoms with Crippen LogP contribution in [0.15, 0.2) is 24.3 Å². The van der Waals surface area contributed by atoms with Gasteiger partial charge in [-0.2, -0.15) is 0 Å². The third kappa shape index (κ3) is 4.31. The van der Waals surface area contributed by atoms with Crippen molar-refractivity contribution in [3.05, 3.63) is 35.4 Å². The Balaban J connectivity index is 2.01. The standard InChI is InChI=1S/C18H27NO2/c1-18(2,3)16-10-5-4-9-15(16)17(21)19-12-13-7-6-8-14(20)11-13/h4-5,9-10,13-14,20H,6-8,11-12H2,1-3H3,(H,19,21). The maximum Gasteiger partial charge on any atom is 0.251 e. The van der Waals surface area contributed by atoms with Crippen molar-refractivity contribution in [2.24, 2.45) is 5.92 Å². The number of rotatable bonds is 3. The van der Waals surface area contributed by atoms with Gasteiger partial charge in [0.2, 0.25) is 0 Å². The lowest BCUT2D eigenvalue weighted by atomic mass is 9.83. The van der Waals surface area contributed by atoms with Crippen LogP contribution in [-0.2, 0) is 5.41 Å². The van der Waals surface area contributed by atoms with Crippen LogP contribution in [0.5, 0.6) is 0 Å². The Kier molecular flexibility index (Phi) is 5.04. The lowest BCUT2D eigenvalue weighted by Crippen LogP contribution is -2.34. The first-order chi connectivity index (χ1) is 9.88. The SMILES string of the molecule is CC(C)(C)c1ccccc1C(=O)NCC1CCCC(O)C1. The van der Waals surface area contributed by atoms with Gasteiger partial charge in [0.05, 0.1) is 6.10 Å². The summed E-state index contributed by atoms with van der Waals surface area (Å²) < 4.78 is 0. The molecule has 3 nitrogen and oxygen atoms in total. The van der Waals surface area contributed by atoms with Gasteiger partial charge in [-0.1, -0.05) is 45.4 Å². The molecule has 2 N–H and O–H groups in total. The average Bonchev–Trinajstić information content (AvgIpc) is 2.44. The molecule has 0 aliphatic heterocycles. The van der Waals surface area contributed by atoms with Crippen molar-refractivity contribution in [3.63, 3.8) is 0 Å². The van der Waals surface area contributed by atoms with Crippen molar-refractivity contribution in [1.82, 2.24) is 5.32 Å². The molecule has 1 fully saturated rings. The summed E-state index contributed by atoms with van der Waals surface area (Å²) in [5, 5.41) is 12.8. The second-order valence-corrected chi connectivity index (χ2v) is 7.19. The number of benzene rings is 1. The fourth-order valence-electron chi connectivity index (χ4n) is 3.12. The van der Waals surface area contributed by atoms with Gasteiger partial charge in [-0.25, -0.2) is 0 Å². The van der Waals surface area contributed by atoms with E-state index in [1.807, 2.05) is 24.3 Å². The zero-order valence-corrected chi connectivity index (χ0v) is 13.4. The summed E-state index contributed by atoms with van der Waals surface area (Å²) in [7, 11) is 0. The van der Waals surface area contributed by atoms with E-state index in [0.717, 1.165) is 36.8 Å². The van der Waals surface area contributed by atoms with Crippen LogP contribution in [-0.4, -0.2) is 23.7 Å². The predicted octanol–water partition coefficient (Wildman–Crippen LogP) is 3.27. The second kappa shape index (κ2) is 6.61. The molecule has 2 rings (SSSR count). The molecule has 2 unspecified atom stereocenters. The van der Waals surface area contributed by atoms with Crippen molar-refractivity contribution < 1.29 is 9.90 Å². The summed E-state index contributed by atoms with van der Waals surface area (Å²) in [4.78, 5) is 12.5. The van der Waals surface area contributed by atoms with E-state index in [1.165, 1.54) is 0 Å². The number of aliphatic hydroxyl groups is 1. The van der Waals surface area contributed by atoms with Gasteiger partial charge in [0.25, 0.3) is 5.91 Å². The minimum absolute atomic E-state index is 0.000545. The Morgan fingerprint density at radius 2 is 2.00 bits per heavy atom. The van der Waals surface area contributed by atoms with E-state index in [1.54, 1.807) is 0 Å². The highest BCUT2D eigenvalue weighted by atomic mass is 16.3. The van der Waals surface area contributed by atoms with Crippen molar-refractivity contribution in [2.75, 3.05) is 6.54 Å². The Hall–Kier alpha value is -1.35. The van der Waals surface area contributed by atoms with Crippen LogP contribution in [0.4, 0.5) is 0 Å². The van der Waals surface area contributed by atoms with Crippen LogP contribution < -0.4 is 5.32 Å². The second-order valence-electron chi connectivity index (χ2n) is 7.19. The molecule has 1 amide bonds. The molecule has 3 heteroatoms. The van der Waals surface area contributed by atoms with Gasteiger partial charge >= 0.3 is 0 Å². The highest BCUT2D eigenvalue weighted by molar-refractivity contribution is 5.96. The van der Waals surface area contributed by atoms with Gasteiger partial charge in [0.1, 0.15) is 0 Å². The molecular formula is C18H27NO2. The lowest BCUT2D eigenvalue weighted by Gasteiger charge is -2.26. The normalized spacial score (nSPS) is 22.9.